The molecule has 0 amide bonds. The zero-order valence-corrected chi connectivity index (χ0v) is 17.1. The van der Waals surface area contributed by atoms with Crippen molar-refractivity contribution in [3.63, 3.8) is 0 Å². The minimum atomic E-state index is -0.450. The molecule has 1 aromatic carbocycles. The van der Waals surface area contributed by atoms with E-state index < -0.39 is 11.6 Å². The Kier molecular flexibility index (Phi) is 4.41. The molecular weight excluding hydrogens is 409 g/mol. The van der Waals surface area contributed by atoms with Crippen LogP contribution in [0.2, 0.25) is 10.0 Å². The Bertz CT molecular complexity index is 1060. The SMILES string of the molecule is COC(=O)c1cc2nc(Nc3c(Cl)cncc3Cl)sc2c2c1OC(C)(C)C2. The highest BCUT2D eigenvalue weighted by Crippen LogP contribution is 2.45. The topological polar surface area (TPSA) is 73.3 Å². The summed E-state index contributed by atoms with van der Waals surface area (Å²) in [7, 11) is 1.35. The van der Waals surface area contributed by atoms with Gasteiger partial charge in [-0.3, -0.25) is 4.98 Å². The maximum atomic E-state index is 12.2. The predicted octanol–water partition coefficient (Wildman–Crippen LogP) is 5.24. The number of fused-ring (bicyclic) bond motifs is 3. The van der Waals surface area contributed by atoms with Crippen molar-refractivity contribution in [2.75, 3.05) is 12.4 Å². The highest BCUT2D eigenvalue weighted by molar-refractivity contribution is 7.22. The molecular formula is C18H15Cl2N3O3S. The number of nitrogens with one attached hydrogen (secondary N) is 1. The number of ether oxygens (including phenoxy) is 2. The number of benzene rings is 1. The van der Waals surface area contributed by atoms with Crippen molar-refractivity contribution >= 4 is 61.5 Å². The molecule has 27 heavy (non-hydrogen) atoms. The van der Waals surface area contributed by atoms with Crippen LogP contribution in [-0.2, 0) is 11.2 Å². The summed E-state index contributed by atoms with van der Waals surface area (Å²) in [6.07, 6.45) is 3.68. The van der Waals surface area contributed by atoms with Gasteiger partial charge in [0.05, 0.1) is 33.1 Å². The van der Waals surface area contributed by atoms with Crippen molar-refractivity contribution in [3.05, 3.63) is 39.6 Å². The molecule has 0 bridgehead atoms. The van der Waals surface area contributed by atoms with Gasteiger partial charge in [0.25, 0.3) is 0 Å². The Morgan fingerprint density at radius 2 is 2.04 bits per heavy atom. The number of carbonyl (C=O) groups excluding carboxylic acids is 1. The molecule has 0 aliphatic carbocycles. The second-order valence-corrected chi connectivity index (χ2v) is 8.55. The maximum Gasteiger partial charge on any atom is 0.341 e. The van der Waals surface area contributed by atoms with E-state index in [1.165, 1.54) is 30.8 Å². The minimum absolute atomic E-state index is 0.377. The number of nitrogens with zero attached hydrogens (tertiary/aromatic N) is 2. The molecule has 2 aromatic heterocycles. The Hall–Kier alpha value is -2.09. The molecule has 0 radical (unpaired) electrons. The fourth-order valence-corrected chi connectivity index (χ4v) is 4.53. The van der Waals surface area contributed by atoms with Gasteiger partial charge in [-0.25, -0.2) is 9.78 Å². The van der Waals surface area contributed by atoms with Gasteiger partial charge in [0.15, 0.2) is 5.13 Å². The molecule has 4 rings (SSSR count). The van der Waals surface area contributed by atoms with E-state index in [4.69, 9.17) is 32.7 Å². The number of rotatable bonds is 3. The van der Waals surface area contributed by atoms with Gasteiger partial charge < -0.3 is 14.8 Å². The summed E-state index contributed by atoms with van der Waals surface area (Å²) in [5.41, 5.74) is 2.14. The number of anilines is 2. The summed E-state index contributed by atoms with van der Waals surface area (Å²) >= 11 is 13.8. The Labute approximate surface area is 169 Å². The van der Waals surface area contributed by atoms with Crippen molar-refractivity contribution in [2.24, 2.45) is 0 Å². The largest absolute Gasteiger partial charge is 0.486 e. The van der Waals surface area contributed by atoms with Crippen molar-refractivity contribution in [1.29, 1.82) is 0 Å². The molecule has 1 aliphatic heterocycles. The normalized spacial score (nSPS) is 14.7. The highest BCUT2D eigenvalue weighted by atomic mass is 35.5. The maximum absolute atomic E-state index is 12.2. The molecule has 0 unspecified atom stereocenters. The van der Waals surface area contributed by atoms with Gasteiger partial charge in [-0.2, -0.15) is 0 Å². The van der Waals surface area contributed by atoms with Crippen LogP contribution in [-0.4, -0.2) is 28.6 Å². The van der Waals surface area contributed by atoms with Gasteiger partial charge in [-0.15, -0.1) is 0 Å². The molecule has 3 heterocycles. The first kappa shape index (κ1) is 18.3. The lowest BCUT2D eigenvalue weighted by Gasteiger charge is -2.17. The number of pyridine rings is 1. The number of thiazole rings is 1. The van der Waals surface area contributed by atoms with E-state index in [9.17, 15) is 4.79 Å². The quantitative estimate of drug-likeness (QED) is 0.580. The van der Waals surface area contributed by atoms with E-state index in [-0.39, 0.29) is 0 Å². The average molecular weight is 424 g/mol. The number of esters is 1. The van der Waals surface area contributed by atoms with Gasteiger partial charge in [0.1, 0.15) is 16.9 Å². The molecule has 0 spiro atoms. The number of methoxy groups -OCH3 is 1. The molecule has 140 valence electrons. The van der Waals surface area contributed by atoms with Gasteiger partial charge >= 0.3 is 5.97 Å². The molecule has 1 aliphatic rings. The molecule has 3 aromatic rings. The standard InChI is InChI=1S/C18H15Cl2N3O3S/c1-18(2)5-9-14(26-18)8(16(24)25-3)4-12-15(9)27-17(22-12)23-13-10(19)6-21-7-11(13)20/h4,6-7H,5H2,1-3H3,(H,21,22,23). The van der Waals surface area contributed by atoms with E-state index in [1.807, 2.05) is 13.8 Å². The van der Waals surface area contributed by atoms with Crippen molar-refractivity contribution in [2.45, 2.75) is 25.9 Å². The van der Waals surface area contributed by atoms with Crippen LogP contribution in [0.4, 0.5) is 10.8 Å². The lowest BCUT2D eigenvalue weighted by Crippen LogP contribution is -2.25. The first-order chi connectivity index (χ1) is 12.8. The van der Waals surface area contributed by atoms with E-state index in [0.717, 1.165) is 10.3 Å². The number of hydrogen-bond acceptors (Lipinski definition) is 7. The van der Waals surface area contributed by atoms with Gasteiger partial charge in [0, 0.05) is 24.4 Å². The number of carbonyl (C=O) groups is 1. The number of aromatic nitrogens is 2. The molecule has 9 heteroatoms. The van der Waals surface area contributed by atoms with Crippen LogP contribution in [0.1, 0.15) is 29.8 Å². The summed E-state index contributed by atoms with van der Waals surface area (Å²) in [6.45, 7) is 3.97. The average Bonchev–Trinajstić information content (AvgIpc) is 3.15. The van der Waals surface area contributed by atoms with Crippen LogP contribution in [0.25, 0.3) is 10.2 Å². The minimum Gasteiger partial charge on any atom is -0.486 e. The smallest absolute Gasteiger partial charge is 0.341 e. The van der Waals surface area contributed by atoms with Crippen molar-refractivity contribution < 1.29 is 14.3 Å². The van der Waals surface area contributed by atoms with E-state index >= 15 is 0 Å². The van der Waals surface area contributed by atoms with Crippen LogP contribution in [0.3, 0.4) is 0 Å². The van der Waals surface area contributed by atoms with Crippen LogP contribution in [0, 0.1) is 0 Å². The second kappa shape index (κ2) is 6.51. The first-order valence-electron chi connectivity index (χ1n) is 8.09. The fourth-order valence-electron chi connectivity index (χ4n) is 3.08. The number of halogens is 2. The number of hydrogen-bond donors (Lipinski definition) is 1. The molecule has 6 nitrogen and oxygen atoms in total. The summed E-state index contributed by atoms with van der Waals surface area (Å²) in [4.78, 5) is 20.8. The third-order valence-corrected chi connectivity index (χ3v) is 5.82. The van der Waals surface area contributed by atoms with Crippen LogP contribution in [0.15, 0.2) is 18.5 Å². The van der Waals surface area contributed by atoms with Gasteiger partial charge in [0.2, 0.25) is 0 Å². The second-order valence-electron chi connectivity index (χ2n) is 6.73. The molecule has 0 saturated heterocycles. The lowest BCUT2D eigenvalue weighted by molar-refractivity contribution is 0.0590. The van der Waals surface area contributed by atoms with E-state index in [2.05, 4.69) is 15.3 Å². The summed E-state index contributed by atoms with van der Waals surface area (Å²) in [5, 5.41) is 4.55. The van der Waals surface area contributed by atoms with Gasteiger partial charge in [-0.05, 0) is 19.9 Å². The van der Waals surface area contributed by atoms with Crippen LogP contribution < -0.4 is 10.1 Å². The van der Waals surface area contributed by atoms with E-state index in [0.29, 0.717) is 44.1 Å². The summed E-state index contributed by atoms with van der Waals surface area (Å²) in [6, 6.07) is 1.69. The molecule has 1 N–H and O–H groups in total. The van der Waals surface area contributed by atoms with Crippen molar-refractivity contribution in [3.8, 4) is 5.75 Å². The fraction of sp³-hybridized carbons (Fsp3) is 0.278. The Morgan fingerprint density at radius 3 is 2.70 bits per heavy atom. The first-order valence-corrected chi connectivity index (χ1v) is 9.66. The third-order valence-electron chi connectivity index (χ3n) is 4.20. The molecule has 0 atom stereocenters. The Balaban J connectivity index is 1.85. The Morgan fingerprint density at radius 1 is 1.33 bits per heavy atom. The third kappa shape index (κ3) is 3.20. The summed E-state index contributed by atoms with van der Waals surface area (Å²) in [5.74, 6) is 0.114. The van der Waals surface area contributed by atoms with E-state index in [1.54, 1.807) is 6.07 Å². The van der Waals surface area contributed by atoms with Crippen molar-refractivity contribution in [1.82, 2.24) is 9.97 Å². The monoisotopic (exact) mass is 423 g/mol. The zero-order valence-electron chi connectivity index (χ0n) is 14.7. The highest BCUT2D eigenvalue weighted by Gasteiger charge is 2.36. The lowest BCUT2D eigenvalue weighted by atomic mass is 10.00. The van der Waals surface area contributed by atoms with Gasteiger partial charge in [-0.1, -0.05) is 34.5 Å². The van der Waals surface area contributed by atoms with Crippen LogP contribution in [0.5, 0.6) is 5.75 Å². The molecule has 0 saturated carbocycles. The van der Waals surface area contributed by atoms with Crippen LogP contribution >= 0.6 is 34.5 Å². The zero-order chi connectivity index (χ0) is 19.3. The summed E-state index contributed by atoms with van der Waals surface area (Å²) < 4.78 is 11.9. The predicted molar refractivity (Wildman–Crippen MR) is 107 cm³/mol. The molecule has 0 fully saturated rings.